The van der Waals surface area contributed by atoms with Gasteiger partial charge in [-0.1, -0.05) is 48.5 Å². The van der Waals surface area contributed by atoms with Crippen LogP contribution in [0.5, 0.6) is 0 Å². The molecule has 1 amide bonds. The molecule has 6 heteroatoms. The van der Waals surface area contributed by atoms with Crippen molar-refractivity contribution in [2.75, 3.05) is 13.2 Å². The average molecular weight is 397 g/mol. The molecule has 0 saturated heterocycles. The monoisotopic (exact) mass is 397 g/mol. The first-order valence-corrected chi connectivity index (χ1v) is 9.62. The van der Waals surface area contributed by atoms with Gasteiger partial charge in [-0.25, -0.2) is 9.59 Å². The highest BCUT2D eigenvalue weighted by Crippen LogP contribution is 2.26. The van der Waals surface area contributed by atoms with Gasteiger partial charge in [0, 0.05) is 13.3 Å². The second kappa shape index (κ2) is 9.87. The number of carbonyl (C=O) groups excluding carboxylic acids is 3. The van der Waals surface area contributed by atoms with Gasteiger partial charge >= 0.3 is 11.9 Å². The molecule has 0 saturated carbocycles. The molecule has 2 rings (SSSR count). The molecule has 0 heterocycles. The second-order valence-corrected chi connectivity index (χ2v) is 6.72. The van der Waals surface area contributed by atoms with Crippen LogP contribution in [0.1, 0.15) is 31.9 Å². The minimum absolute atomic E-state index is 0.0722. The van der Waals surface area contributed by atoms with Crippen LogP contribution in [0, 0.1) is 6.92 Å². The van der Waals surface area contributed by atoms with E-state index in [1.165, 1.54) is 6.92 Å². The molecule has 0 unspecified atom stereocenters. The molecule has 1 N–H and O–H groups in total. The maximum absolute atomic E-state index is 12.8. The average Bonchev–Trinajstić information content (AvgIpc) is 2.68. The Morgan fingerprint density at radius 1 is 0.931 bits per heavy atom. The number of esters is 2. The van der Waals surface area contributed by atoms with E-state index in [4.69, 9.17) is 9.47 Å². The number of aryl methyl sites for hydroxylation is 1. The van der Waals surface area contributed by atoms with E-state index in [2.05, 4.69) is 5.32 Å². The minimum atomic E-state index is -1.94. The van der Waals surface area contributed by atoms with Gasteiger partial charge in [-0.15, -0.1) is 0 Å². The number of hydrogen-bond donors (Lipinski definition) is 1. The normalized spacial score (nSPS) is 10.9. The van der Waals surface area contributed by atoms with E-state index in [9.17, 15) is 14.4 Å². The number of nitrogens with one attached hydrogen (secondary N) is 1. The Labute approximate surface area is 171 Å². The van der Waals surface area contributed by atoms with E-state index in [1.807, 2.05) is 49.4 Å². The van der Waals surface area contributed by atoms with Crippen LogP contribution in [0.4, 0.5) is 0 Å². The van der Waals surface area contributed by atoms with E-state index in [0.29, 0.717) is 5.56 Å². The smallest absolute Gasteiger partial charge is 0.344 e. The first-order valence-electron chi connectivity index (χ1n) is 9.62. The summed E-state index contributed by atoms with van der Waals surface area (Å²) in [5.74, 6) is -2.20. The van der Waals surface area contributed by atoms with Crippen LogP contribution in [0.25, 0.3) is 11.1 Å². The van der Waals surface area contributed by atoms with Crippen LogP contribution in [-0.4, -0.2) is 36.6 Å². The second-order valence-electron chi connectivity index (χ2n) is 6.72. The molecule has 0 aliphatic heterocycles. The van der Waals surface area contributed by atoms with Crippen LogP contribution < -0.4 is 5.32 Å². The Kier molecular flexibility index (Phi) is 7.53. The fraction of sp³-hybridized carbons (Fsp3) is 0.348. The van der Waals surface area contributed by atoms with Crippen molar-refractivity contribution in [2.45, 2.75) is 39.7 Å². The molecule has 2 aromatic carbocycles. The van der Waals surface area contributed by atoms with Gasteiger partial charge in [0.1, 0.15) is 0 Å². The third kappa shape index (κ3) is 5.22. The molecule has 29 heavy (non-hydrogen) atoms. The van der Waals surface area contributed by atoms with Crippen molar-refractivity contribution >= 4 is 17.8 Å². The summed E-state index contributed by atoms with van der Waals surface area (Å²) in [5, 5.41) is 2.49. The highest BCUT2D eigenvalue weighted by atomic mass is 16.6. The zero-order valence-electron chi connectivity index (χ0n) is 17.3. The predicted molar refractivity (Wildman–Crippen MR) is 110 cm³/mol. The first kappa shape index (κ1) is 22.1. The number of amides is 1. The highest BCUT2D eigenvalue weighted by molar-refractivity contribution is 6.08. The van der Waals surface area contributed by atoms with Crippen molar-refractivity contribution in [3.63, 3.8) is 0 Å². The molecule has 0 aromatic heterocycles. The fourth-order valence-corrected chi connectivity index (χ4v) is 3.23. The van der Waals surface area contributed by atoms with E-state index < -0.39 is 23.4 Å². The van der Waals surface area contributed by atoms with Gasteiger partial charge < -0.3 is 14.8 Å². The Bertz CT molecular complexity index is 872. The van der Waals surface area contributed by atoms with Crippen LogP contribution >= 0.6 is 0 Å². The summed E-state index contributed by atoms with van der Waals surface area (Å²) < 4.78 is 10.3. The van der Waals surface area contributed by atoms with Crippen LogP contribution in [-0.2, 0) is 30.3 Å². The summed E-state index contributed by atoms with van der Waals surface area (Å²) >= 11 is 0. The van der Waals surface area contributed by atoms with Gasteiger partial charge in [-0.05, 0) is 43.0 Å². The largest absolute Gasteiger partial charge is 0.464 e. The standard InChI is InChI=1S/C23H27NO5/c1-5-28-21(26)23(24-17(4)25,22(27)29-6-2)15-18-11-9-12-19(14-18)20-13-8-7-10-16(20)3/h7-14H,5-6,15H2,1-4H3,(H,24,25). The molecule has 0 spiro atoms. The lowest BCUT2D eigenvalue weighted by atomic mass is 9.88. The van der Waals surface area contributed by atoms with E-state index in [0.717, 1.165) is 16.7 Å². The first-order chi connectivity index (χ1) is 13.8. The summed E-state index contributed by atoms with van der Waals surface area (Å²) in [5.41, 5.74) is 1.85. The number of carbonyl (C=O) groups is 3. The minimum Gasteiger partial charge on any atom is -0.464 e. The van der Waals surface area contributed by atoms with Gasteiger partial charge in [0.2, 0.25) is 11.4 Å². The molecule has 0 radical (unpaired) electrons. The number of hydrogen-bond acceptors (Lipinski definition) is 5. The quantitative estimate of drug-likeness (QED) is 0.546. The zero-order valence-corrected chi connectivity index (χ0v) is 17.3. The van der Waals surface area contributed by atoms with Crippen molar-refractivity contribution < 1.29 is 23.9 Å². The molecule has 2 aromatic rings. The summed E-state index contributed by atoms with van der Waals surface area (Å²) in [4.78, 5) is 37.5. The molecule has 154 valence electrons. The summed E-state index contributed by atoms with van der Waals surface area (Å²) in [7, 11) is 0. The van der Waals surface area contributed by atoms with Crippen molar-refractivity contribution in [2.24, 2.45) is 0 Å². The van der Waals surface area contributed by atoms with E-state index in [1.54, 1.807) is 19.9 Å². The van der Waals surface area contributed by atoms with Crippen molar-refractivity contribution in [3.8, 4) is 11.1 Å². The molecule has 0 fully saturated rings. The van der Waals surface area contributed by atoms with Crippen LogP contribution in [0.2, 0.25) is 0 Å². The number of rotatable bonds is 8. The van der Waals surface area contributed by atoms with Crippen molar-refractivity contribution in [3.05, 3.63) is 59.7 Å². The maximum atomic E-state index is 12.8. The Balaban J connectivity index is 2.51. The Hall–Kier alpha value is -3.15. The van der Waals surface area contributed by atoms with Crippen molar-refractivity contribution in [1.29, 1.82) is 0 Å². The summed E-state index contributed by atoms with van der Waals surface area (Å²) in [6.07, 6.45) is -0.0794. The summed E-state index contributed by atoms with van der Waals surface area (Å²) in [6, 6.07) is 15.5. The fourth-order valence-electron chi connectivity index (χ4n) is 3.23. The molecular weight excluding hydrogens is 370 g/mol. The topological polar surface area (TPSA) is 81.7 Å². The lowest BCUT2D eigenvalue weighted by molar-refractivity contribution is -0.168. The summed E-state index contributed by atoms with van der Waals surface area (Å²) in [6.45, 7) is 6.68. The number of benzene rings is 2. The van der Waals surface area contributed by atoms with E-state index >= 15 is 0 Å². The predicted octanol–water partition coefficient (Wildman–Crippen LogP) is 3.21. The molecule has 0 aliphatic rings. The van der Waals surface area contributed by atoms with Gasteiger partial charge in [0.15, 0.2) is 0 Å². The molecule has 0 atom stereocenters. The molecule has 0 aliphatic carbocycles. The van der Waals surface area contributed by atoms with Gasteiger partial charge in [0.05, 0.1) is 13.2 Å². The zero-order chi connectivity index (χ0) is 21.4. The lowest BCUT2D eigenvalue weighted by Gasteiger charge is -2.30. The van der Waals surface area contributed by atoms with Crippen LogP contribution in [0.15, 0.2) is 48.5 Å². The molecule has 0 bridgehead atoms. The third-order valence-electron chi connectivity index (χ3n) is 4.49. The van der Waals surface area contributed by atoms with Crippen LogP contribution in [0.3, 0.4) is 0 Å². The van der Waals surface area contributed by atoms with E-state index in [-0.39, 0.29) is 19.6 Å². The Morgan fingerprint density at radius 3 is 2.10 bits per heavy atom. The van der Waals surface area contributed by atoms with Gasteiger partial charge in [0.25, 0.3) is 0 Å². The third-order valence-corrected chi connectivity index (χ3v) is 4.49. The van der Waals surface area contributed by atoms with Crippen molar-refractivity contribution in [1.82, 2.24) is 5.32 Å². The molecular formula is C23H27NO5. The van der Waals surface area contributed by atoms with Gasteiger partial charge in [-0.2, -0.15) is 0 Å². The SMILES string of the molecule is CCOC(=O)C(Cc1cccc(-c2ccccc2C)c1)(NC(C)=O)C(=O)OCC. The highest BCUT2D eigenvalue weighted by Gasteiger charge is 2.50. The molecule has 6 nitrogen and oxygen atoms in total. The lowest BCUT2D eigenvalue weighted by Crippen LogP contribution is -2.62. The van der Waals surface area contributed by atoms with Gasteiger partial charge in [-0.3, -0.25) is 4.79 Å². The Morgan fingerprint density at radius 2 is 1.55 bits per heavy atom. The maximum Gasteiger partial charge on any atom is 0.344 e. The number of ether oxygens (including phenoxy) is 2.